The van der Waals surface area contributed by atoms with Gasteiger partial charge in [-0.15, -0.1) is 11.3 Å². The van der Waals surface area contributed by atoms with Crippen molar-refractivity contribution in [1.82, 2.24) is 4.90 Å². The number of furan rings is 1. The van der Waals surface area contributed by atoms with Crippen LogP contribution in [0.5, 0.6) is 0 Å². The predicted octanol–water partition coefficient (Wildman–Crippen LogP) is 4.80. The summed E-state index contributed by atoms with van der Waals surface area (Å²) in [7, 11) is 0.592. The summed E-state index contributed by atoms with van der Waals surface area (Å²) in [5.74, 6) is -0.439. The van der Waals surface area contributed by atoms with Crippen molar-refractivity contribution in [2.45, 2.75) is 44.8 Å². The molecule has 4 heterocycles. The summed E-state index contributed by atoms with van der Waals surface area (Å²) in [5, 5.41) is 22.3. The van der Waals surface area contributed by atoms with Gasteiger partial charge in [-0.3, -0.25) is 14.5 Å². The van der Waals surface area contributed by atoms with Crippen LogP contribution in [0.4, 0.5) is 0 Å². The third-order valence-corrected chi connectivity index (χ3v) is 9.45. The Bertz CT molecular complexity index is 1480. The largest absolute Gasteiger partial charge is 0.459 e. The van der Waals surface area contributed by atoms with Crippen molar-refractivity contribution in [3.8, 4) is 0 Å². The summed E-state index contributed by atoms with van der Waals surface area (Å²) in [4.78, 5) is 29.7. The maximum absolute atomic E-state index is 13.8. The van der Waals surface area contributed by atoms with E-state index in [2.05, 4.69) is 0 Å². The first kappa shape index (κ1) is 28.8. The Morgan fingerprint density at radius 2 is 1.95 bits per heavy atom. The number of fused-ring (bicyclic) bond motifs is 3. The van der Waals surface area contributed by atoms with Crippen LogP contribution in [0.25, 0.3) is 11.6 Å². The molecule has 0 unspecified atom stereocenters. The smallest absolute Gasteiger partial charge is 0.455 e. The highest BCUT2D eigenvalue weighted by molar-refractivity contribution is 7.09. The Balaban J connectivity index is 1.30. The van der Waals surface area contributed by atoms with Gasteiger partial charge in [0, 0.05) is 12.0 Å². The Labute approximate surface area is 249 Å². The van der Waals surface area contributed by atoms with Crippen LogP contribution in [0.1, 0.15) is 41.2 Å². The summed E-state index contributed by atoms with van der Waals surface area (Å²) >= 11 is 1.53. The van der Waals surface area contributed by atoms with E-state index in [9.17, 15) is 19.7 Å². The lowest BCUT2D eigenvalue weighted by Gasteiger charge is -2.43. The number of ether oxygens (including phenoxy) is 1. The number of hydrogen-bond acceptors (Lipinski definition) is 8. The highest BCUT2D eigenvalue weighted by atomic mass is 32.1. The lowest BCUT2D eigenvalue weighted by atomic mass is 9.58. The molecule has 4 atom stereocenters. The van der Waals surface area contributed by atoms with Gasteiger partial charge in [0.15, 0.2) is 0 Å². The molecule has 0 spiro atoms. The Kier molecular flexibility index (Phi) is 8.60. The van der Waals surface area contributed by atoms with Crippen molar-refractivity contribution in [2.75, 3.05) is 13.7 Å². The van der Waals surface area contributed by atoms with E-state index in [-0.39, 0.29) is 37.2 Å². The number of nitrogens with zero attached hydrogens (tertiary/aromatic N) is 1. The van der Waals surface area contributed by atoms with Crippen LogP contribution in [0.3, 0.4) is 0 Å². The lowest BCUT2D eigenvalue weighted by Crippen LogP contribution is -2.46. The molecule has 2 fully saturated rings. The molecule has 2 N–H and O–H groups in total. The van der Waals surface area contributed by atoms with Gasteiger partial charge in [-0.25, -0.2) is 0 Å². The number of methoxy groups -OCH3 is 1. The van der Waals surface area contributed by atoms with E-state index in [0.717, 1.165) is 27.2 Å². The molecule has 218 valence electrons. The Morgan fingerprint density at radius 1 is 1.12 bits per heavy atom. The van der Waals surface area contributed by atoms with Crippen molar-refractivity contribution < 1.29 is 33.5 Å². The second-order valence-corrected chi connectivity index (χ2v) is 12.2. The van der Waals surface area contributed by atoms with Crippen LogP contribution in [0.15, 0.2) is 75.5 Å². The zero-order valence-corrected chi connectivity index (χ0v) is 24.3. The quantitative estimate of drug-likeness (QED) is 0.199. The van der Waals surface area contributed by atoms with Crippen LogP contribution in [-0.4, -0.2) is 53.8 Å². The van der Waals surface area contributed by atoms with Gasteiger partial charge in [0.25, 0.3) is 0 Å². The van der Waals surface area contributed by atoms with Gasteiger partial charge >= 0.3 is 7.12 Å². The number of rotatable bonds is 10. The molecule has 3 aliphatic rings. The number of likely N-dealkylation sites (tertiary alicyclic amines) is 1. The second kappa shape index (κ2) is 12.5. The average Bonchev–Trinajstić information content (AvgIpc) is 3.73. The average molecular weight is 588 g/mol. The van der Waals surface area contributed by atoms with Gasteiger partial charge < -0.3 is 23.9 Å². The zero-order chi connectivity index (χ0) is 29.2. The van der Waals surface area contributed by atoms with Gasteiger partial charge in [0.05, 0.1) is 31.1 Å². The molecule has 8 nitrogen and oxygen atoms in total. The number of aliphatic hydroxyl groups excluding tert-OH is 1. The van der Waals surface area contributed by atoms with E-state index >= 15 is 0 Å². The summed E-state index contributed by atoms with van der Waals surface area (Å²) in [6.07, 6.45) is 3.42. The fourth-order valence-electron chi connectivity index (χ4n) is 6.82. The molecule has 0 bridgehead atoms. The van der Waals surface area contributed by atoms with E-state index in [1.54, 1.807) is 13.2 Å². The monoisotopic (exact) mass is 587 g/mol. The first-order valence-corrected chi connectivity index (χ1v) is 15.2. The highest BCUT2D eigenvalue weighted by Gasteiger charge is 2.57. The molecular weight excluding hydrogens is 553 g/mol. The van der Waals surface area contributed by atoms with Gasteiger partial charge in [0.2, 0.25) is 11.8 Å². The van der Waals surface area contributed by atoms with Crippen LogP contribution in [-0.2, 0) is 32.1 Å². The zero-order valence-electron chi connectivity index (χ0n) is 23.5. The van der Waals surface area contributed by atoms with E-state index in [1.807, 2.05) is 60.0 Å². The summed E-state index contributed by atoms with van der Waals surface area (Å²) < 4.78 is 17.5. The number of carbonyl (C=O) groups excluding carboxylic acids is 2. The minimum Gasteiger partial charge on any atom is -0.459 e. The Morgan fingerprint density at radius 3 is 2.67 bits per heavy atom. The maximum atomic E-state index is 13.8. The van der Waals surface area contributed by atoms with Crippen molar-refractivity contribution in [1.29, 1.82) is 0 Å². The fraction of sp³-hybridized carbons (Fsp3) is 0.375. The number of allylic oxidation sites excluding steroid dienone is 1. The van der Waals surface area contributed by atoms with Gasteiger partial charge in [-0.05, 0) is 83.4 Å². The van der Waals surface area contributed by atoms with E-state index in [4.69, 9.17) is 13.8 Å². The molecule has 2 aliphatic heterocycles. The van der Waals surface area contributed by atoms with Crippen molar-refractivity contribution in [2.24, 2.45) is 17.8 Å². The highest BCUT2D eigenvalue weighted by Crippen LogP contribution is 2.51. The maximum Gasteiger partial charge on any atom is 0.455 e. The number of imide groups is 1. The molecule has 2 aromatic heterocycles. The fourth-order valence-corrected chi connectivity index (χ4v) is 7.51. The standard InChI is InChI=1S/C32H34BNO7S/c1-39-19-22-15-26-30(32(37)34(31(26)36)17-25-8-5-13-42-25)27-16-33(38)41-28(29(22)27)12-9-21(20-6-3-2-4-7-20)14-23-10-11-24(18-35)40-23/h2-8,10-11,13-14,26-28,30,35,38H,9,12,15-19H2,1H3/b21-14-/t26-,27+,28-,30-/m1/s1. The minimum atomic E-state index is -1.04. The number of carbonyl (C=O) groups is 2. The van der Waals surface area contributed by atoms with Crippen LogP contribution >= 0.6 is 11.3 Å². The molecule has 10 heteroatoms. The lowest BCUT2D eigenvalue weighted by molar-refractivity contribution is -0.140. The normalized spacial score (nSPS) is 24.4. The molecular formula is C32H34BNO7S. The third kappa shape index (κ3) is 5.69. The van der Waals surface area contributed by atoms with Crippen LogP contribution in [0.2, 0.25) is 6.32 Å². The van der Waals surface area contributed by atoms with Crippen molar-refractivity contribution in [3.05, 3.63) is 93.1 Å². The molecule has 42 heavy (non-hydrogen) atoms. The van der Waals surface area contributed by atoms with E-state index in [1.165, 1.54) is 16.2 Å². The topological polar surface area (TPSA) is 109 Å². The predicted molar refractivity (Wildman–Crippen MR) is 160 cm³/mol. The van der Waals surface area contributed by atoms with Crippen molar-refractivity contribution in [3.63, 3.8) is 0 Å². The Hall–Kier alpha value is -3.28. The van der Waals surface area contributed by atoms with E-state index < -0.39 is 25.1 Å². The number of aliphatic hydroxyl groups is 1. The molecule has 1 aromatic carbocycles. The SMILES string of the molecule is COCC1=C2[C@@H](CC/C(=C/c3ccc(CO)o3)c3ccccc3)OB(O)C[C@@H]2[C@@H]2C(=O)N(Cc3cccs3)C(=O)[C@@H]2C1. The summed E-state index contributed by atoms with van der Waals surface area (Å²) in [6, 6.07) is 17.4. The first-order chi connectivity index (χ1) is 20.5. The third-order valence-electron chi connectivity index (χ3n) is 8.59. The van der Waals surface area contributed by atoms with E-state index in [0.29, 0.717) is 37.4 Å². The second-order valence-electron chi connectivity index (χ2n) is 11.1. The molecule has 0 radical (unpaired) electrons. The number of hydrogen-bond donors (Lipinski definition) is 2. The summed E-state index contributed by atoms with van der Waals surface area (Å²) in [5.41, 5.74) is 4.04. The van der Waals surface area contributed by atoms with Crippen molar-refractivity contribution >= 4 is 41.9 Å². The van der Waals surface area contributed by atoms with Gasteiger partial charge in [-0.1, -0.05) is 36.4 Å². The summed E-state index contributed by atoms with van der Waals surface area (Å²) in [6.45, 7) is 0.450. The molecule has 6 rings (SSSR count). The number of amides is 2. The minimum absolute atomic E-state index is 0.140. The van der Waals surface area contributed by atoms with Gasteiger partial charge in [0.1, 0.15) is 18.1 Å². The molecule has 3 aromatic rings. The molecule has 0 saturated carbocycles. The molecule has 2 amide bonds. The van der Waals surface area contributed by atoms with Crippen LogP contribution < -0.4 is 0 Å². The molecule has 2 saturated heterocycles. The van der Waals surface area contributed by atoms with Crippen LogP contribution in [0, 0.1) is 17.8 Å². The number of thiophene rings is 1. The number of benzene rings is 1. The first-order valence-electron chi connectivity index (χ1n) is 14.3. The molecule has 1 aliphatic carbocycles. The van der Waals surface area contributed by atoms with Gasteiger partial charge in [-0.2, -0.15) is 0 Å².